The molecule has 0 N–H and O–H groups in total. The molecule has 2 rings (SSSR count). The number of hydrogen-bond acceptors (Lipinski definition) is 3. The number of nitriles is 1. The molecule has 0 amide bonds. The van der Waals surface area contributed by atoms with Crippen molar-refractivity contribution in [2.45, 2.75) is 12.3 Å². The van der Waals surface area contributed by atoms with Crippen LogP contribution >= 0.6 is 15.9 Å². The molecule has 2 aromatic carbocycles. The molecule has 0 spiro atoms. The smallest absolute Gasteiger partial charge is 0.175 e. The predicted molar refractivity (Wildman–Crippen MR) is 84.4 cm³/mol. The molecule has 1 atom stereocenters. The molecule has 0 aliphatic carbocycles. The van der Waals surface area contributed by atoms with Gasteiger partial charge in [-0.2, -0.15) is 5.26 Å². The molecule has 4 heteroatoms. The van der Waals surface area contributed by atoms with Crippen LogP contribution in [0.25, 0.3) is 0 Å². The quantitative estimate of drug-likeness (QED) is 0.758. The third-order valence-corrected chi connectivity index (χ3v) is 3.73. The van der Waals surface area contributed by atoms with Gasteiger partial charge < -0.3 is 4.74 Å². The van der Waals surface area contributed by atoms with Gasteiger partial charge in [-0.25, -0.2) is 0 Å². The van der Waals surface area contributed by atoms with Crippen molar-refractivity contribution in [3.63, 3.8) is 0 Å². The fourth-order valence-corrected chi connectivity index (χ4v) is 2.56. The molecule has 3 nitrogen and oxygen atoms in total. The Kier molecular flexibility index (Phi) is 5.13. The van der Waals surface area contributed by atoms with E-state index < -0.39 is 5.92 Å². The largest absolute Gasteiger partial charge is 0.496 e. The van der Waals surface area contributed by atoms with Gasteiger partial charge in [0.15, 0.2) is 5.78 Å². The number of carbonyl (C=O) groups is 1. The Balaban J connectivity index is 2.45. The second-order valence-corrected chi connectivity index (χ2v) is 5.45. The minimum absolute atomic E-state index is 0.110. The van der Waals surface area contributed by atoms with Crippen LogP contribution in [0.2, 0.25) is 0 Å². The van der Waals surface area contributed by atoms with Crippen molar-refractivity contribution in [3.8, 4) is 11.8 Å². The van der Waals surface area contributed by atoms with Gasteiger partial charge in [-0.15, -0.1) is 0 Å². The van der Waals surface area contributed by atoms with Crippen molar-refractivity contribution in [2.24, 2.45) is 0 Å². The number of ether oxygens (including phenoxy) is 1. The summed E-state index contributed by atoms with van der Waals surface area (Å²) in [5.74, 6) is -0.0811. The summed E-state index contributed by atoms with van der Waals surface area (Å²) in [6.07, 6.45) is 0.137. The summed E-state index contributed by atoms with van der Waals surface area (Å²) in [7, 11) is 1.53. The number of ketones is 1. The first-order chi connectivity index (χ1) is 10.2. The van der Waals surface area contributed by atoms with Crippen molar-refractivity contribution < 1.29 is 9.53 Å². The topological polar surface area (TPSA) is 50.1 Å². The van der Waals surface area contributed by atoms with E-state index in [0.29, 0.717) is 11.3 Å². The van der Waals surface area contributed by atoms with E-state index in [4.69, 9.17) is 10.00 Å². The van der Waals surface area contributed by atoms with Gasteiger partial charge in [0.1, 0.15) is 5.75 Å². The Morgan fingerprint density at radius 1 is 1.29 bits per heavy atom. The summed E-state index contributed by atoms with van der Waals surface area (Å²) in [4.78, 5) is 12.8. The first-order valence-electron chi connectivity index (χ1n) is 6.47. The van der Waals surface area contributed by atoms with Crippen molar-refractivity contribution in [1.29, 1.82) is 5.26 Å². The van der Waals surface area contributed by atoms with E-state index in [9.17, 15) is 4.79 Å². The van der Waals surface area contributed by atoms with E-state index in [1.807, 2.05) is 36.4 Å². The summed E-state index contributed by atoms with van der Waals surface area (Å²) in [5.41, 5.74) is 1.32. The molecule has 0 radical (unpaired) electrons. The second kappa shape index (κ2) is 7.05. The summed E-state index contributed by atoms with van der Waals surface area (Å²) >= 11 is 3.37. The van der Waals surface area contributed by atoms with Crippen LogP contribution in [0.5, 0.6) is 5.75 Å². The van der Waals surface area contributed by atoms with Gasteiger partial charge in [0.2, 0.25) is 0 Å². The lowest BCUT2D eigenvalue weighted by Crippen LogP contribution is -2.14. The zero-order chi connectivity index (χ0) is 15.2. The average molecular weight is 344 g/mol. The zero-order valence-electron chi connectivity index (χ0n) is 11.5. The number of carbonyl (C=O) groups excluding carboxylic acids is 1. The van der Waals surface area contributed by atoms with Crippen LogP contribution in [0, 0.1) is 11.3 Å². The van der Waals surface area contributed by atoms with E-state index in [1.54, 1.807) is 12.1 Å². The highest BCUT2D eigenvalue weighted by Crippen LogP contribution is 2.30. The molecule has 0 aliphatic rings. The lowest BCUT2D eigenvalue weighted by atomic mass is 9.88. The molecule has 2 aromatic rings. The lowest BCUT2D eigenvalue weighted by molar-refractivity contribution is 0.0957. The Morgan fingerprint density at radius 2 is 2.00 bits per heavy atom. The molecular formula is C17H14BrNO2. The fourth-order valence-electron chi connectivity index (χ4n) is 2.20. The van der Waals surface area contributed by atoms with Crippen LogP contribution in [0.15, 0.2) is 53.0 Å². The summed E-state index contributed by atoms with van der Waals surface area (Å²) in [5, 5.41) is 9.03. The van der Waals surface area contributed by atoms with Crippen LogP contribution in [-0.2, 0) is 0 Å². The van der Waals surface area contributed by atoms with Gasteiger partial charge in [0, 0.05) is 10.9 Å². The standard InChI is InChI=1S/C17H14BrNO2/c1-21-16-8-7-13(18)11-15(16)17(20)14(9-10-19)12-5-3-2-4-6-12/h2-8,11,14H,9H2,1H3. The van der Waals surface area contributed by atoms with Gasteiger partial charge in [0.05, 0.1) is 24.7 Å². The first-order valence-corrected chi connectivity index (χ1v) is 7.26. The lowest BCUT2D eigenvalue weighted by Gasteiger charge is -2.15. The minimum atomic E-state index is -0.487. The van der Waals surface area contributed by atoms with E-state index >= 15 is 0 Å². The maximum absolute atomic E-state index is 12.8. The van der Waals surface area contributed by atoms with Gasteiger partial charge in [-0.1, -0.05) is 46.3 Å². The van der Waals surface area contributed by atoms with Gasteiger partial charge in [0.25, 0.3) is 0 Å². The van der Waals surface area contributed by atoms with E-state index in [1.165, 1.54) is 7.11 Å². The Hall–Kier alpha value is -2.12. The number of nitrogens with zero attached hydrogens (tertiary/aromatic N) is 1. The van der Waals surface area contributed by atoms with Gasteiger partial charge >= 0.3 is 0 Å². The van der Waals surface area contributed by atoms with E-state index in [0.717, 1.165) is 10.0 Å². The molecular weight excluding hydrogens is 330 g/mol. The molecule has 0 saturated heterocycles. The molecule has 0 aromatic heterocycles. The minimum Gasteiger partial charge on any atom is -0.496 e. The maximum Gasteiger partial charge on any atom is 0.175 e. The Morgan fingerprint density at radius 3 is 2.62 bits per heavy atom. The molecule has 21 heavy (non-hydrogen) atoms. The van der Waals surface area contributed by atoms with Gasteiger partial charge in [-0.05, 0) is 23.8 Å². The molecule has 0 heterocycles. The highest BCUT2D eigenvalue weighted by molar-refractivity contribution is 9.10. The van der Waals surface area contributed by atoms with Crippen LogP contribution in [0.3, 0.4) is 0 Å². The van der Waals surface area contributed by atoms with Crippen molar-refractivity contribution in [3.05, 3.63) is 64.1 Å². The van der Waals surface area contributed by atoms with Gasteiger partial charge in [-0.3, -0.25) is 4.79 Å². The zero-order valence-corrected chi connectivity index (χ0v) is 13.1. The van der Waals surface area contributed by atoms with E-state index in [-0.39, 0.29) is 12.2 Å². The number of methoxy groups -OCH3 is 1. The molecule has 0 bridgehead atoms. The summed E-state index contributed by atoms with van der Waals surface area (Å²) < 4.78 is 6.06. The number of benzene rings is 2. The number of hydrogen-bond donors (Lipinski definition) is 0. The predicted octanol–water partition coefficient (Wildman–Crippen LogP) is 4.34. The van der Waals surface area contributed by atoms with E-state index in [2.05, 4.69) is 22.0 Å². The number of Topliss-reactive ketones (excluding diaryl/α,β-unsaturated/α-hetero) is 1. The monoisotopic (exact) mass is 343 g/mol. The summed E-state index contributed by atoms with van der Waals surface area (Å²) in [6.45, 7) is 0. The third-order valence-electron chi connectivity index (χ3n) is 3.24. The SMILES string of the molecule is COc1ccc(Br)cc1C(=O)C(CC#N)c1ccccc1. The molecule has 0 fully saturated rings. The molecule has 0 aliphatic heterocycles. The normalized spacial score (nSPS) is 11.5. The highest BCUT2D eigenvalue weighted by atomic mass is 79.9. The fraction of sp³-hybridized carbons (Fsp3) is 0.176. The number of rotatable bonds is 5. The van der Waals surface area contributed by atoms with Crippen LogP contribution in [0.4, 0.5) is 0 Å². The molecule has 0 saturated carbocycles. The molecule has 1 unspecified atom stereocenters. The maximum atomic E-state index is 12.8. The van der Waals surface area contributed by atoms with Crippen molar-refractivity contribution in [1.82, 2.24) is 0 Å². The Labute approximate surface area is 132 Å². The first kappa shape index (κ1) is 15.3. The Bertz CT molecular complexity index is 677. The summed E-state index contributed by atoms with van der Waals surface area (Å²) in [6, 6.07) is 16.7. The van der Waals surface area contributed by atoms with Crippen LogP contribution < -0.4 is 4.74 Å². The van der Waals surface area contributed by atoms with Crippen LogP contribution in [0.1, 0.15) is 28.3 Å². The third kappa shape index (κ3) is 3.50. The van der Waals surface area contributed by atoms with Crippen molar-refractivity contribution >= 4 is 21.7 Å². The average Bonchev–Trinajstić information content (AvgIpc) is 2.52. The highest BCUT2D eigenvalue weighted by Gasteiger charge is 2.24. The van der Waals surface area contributed by atoms with Crippen LogP contribution in [-0.4, -0.2) is 12.9 Å². The molecule has 106 valence electrons. The second-order valence-electron chi connectivity index (χ2n) is 4.53. The van der Waals surface area contributed by atoms with Crippen molar-refractivity contribution in [2.75, 3.05) is 7.11 Å². The number of halogens is 1.